The van der Waals surface area contributed by atoms with Crippen molar-refractivity contribution in [3.8, 4) is 0 Å². The highest BCUT2D eigenvalue weighted by Crippen LogP contribution is 2.50. The minimum atomic E-state index is -1.01. The number of rotatable bonds is 7. The van der Waals surface area contributed by atoms with Crippen molar-refractivity contribution in [1.29, 1.82) is 0 Å². The van der Waals surface area contributed by atoms with Crippen LogP contribution >= 0.6 is 0 Å². The quantitative estimate of drug-likeness (QED) is 0.411. The fourth-order valence-electron chi connectivity index (χ4n) is 6.67. The van der Waals surface area contributed by atoms with Crippen LogP contribution in [0.1, 0.15) is 76.4 Å². The molecule has 1 atom stereocenters. The SMILES string of the molecule is O=C1CCC(N2C(=O)c3cccc(NCc4cnn(C5CCN(C(=O)C6(c7ccccc7)CC6)CC5)c4)c3C2=O)C(=O)N1. The summed E-state index contributed by atoms with van der Waals surface area (Å²) in [5.41, 5.74) is 2.64. The van der Waals surface area contributed by atoms with E-state index in [0.717, 1.165) is 41.7 Å². The van der Waals surface area contributed by atoms with E-state index in [1.165, 1.54) is 0 Å². The molecule has 1 aromatic heterocycles. The monoisotopic (exact) mass is 580 g/mol. The lowest BCUT2D eigenvalue weighted by Crippen LogP contribution is -2.54. The molecule has 2 saturated heterocycles. The Balaban J connectivity index is 0.979. The van der Waals surface area contributed by atoms with Crippen LogP contribution in [0.15, 0.2) is 60.9 Å². The van der Waals surface area contributed by atoms with Crippen LogP contribution in [-0.4, -0.2) is 68.2 Å². The first-order valence-corrected chi connectivity index (χ1v) is 14.8. The summed E-state index contributed by atoms with van der Waals surface area (Å²) < 4.78 is 1.96. The molecule has 220 valence electrons. The summed E-state index contributed by atoms with van der Waals surface area (Å²) in [7, 11) is 0. The van der Waals surface area contributed by atoms with Gasteiger partial charge >= 0.3 is 0 Å². The third-order valence-electron chi connectivity index (χ3n) is 9.22. The van der Waals surface area contributed by atoms with Crippen molar-refractivity contribution in [1.82, 2.24) is 24.9 Å². The van der Waals surface area contributed by atoms with Gasteiger partial charge in [-0.25, -0.2) is 0 Å². The van der Waals surface area contributed by atoms with E-state index in [2.05, 4.69) is 27.9 Å². The van der Waals surface area contributed by atoms with E-state index in [1.807, 2.05) is 34.0 Å². The largest absolute Gasteiger partial charge is 0.380 e. The highest BCUT2D eigenvalue weighted by molar-refractivity contribution is 6.25. The smallest absolute Gasteiger partial charge is 0.264 e. The number of hydrogen-bond donors (Lipinski definition) is 2. The standard InChI is InChI=1S/C32H32N6O5/c39-26-10-9-25(28(40)35-26)38-29(41)23-7-4-8-24(27(23)30(38)42)33-17-20-18-34-37(19-20)22-11-15-36(16-12-22)31(43)32(13-14-32)21-5-2-1-3-6-21/h1-8,18-19,22,25,33H,9-17H2,(H,35,39,40). The first kappa shape index (κ1) is 27.1. The summed E-state index contributed by atoms with van der Waals surface area (Å²) in [5, 5.41) is 10.1. The van der Waals surface area contributed by atoms with Gasteiger partial charge < -0.3 is 10.2 Å². The third kappa shape index (κ3) is 4.68. The van der Waals surface area contributed by atoms with E-state index in [9.17, 15) is 24.0 Å². The summed E-state index contributed by atoms with van der Waals surface area (Å²) in [4.78, 5) is 66.8. The van der Waals surface area contributed by atoms with Gasteiger partial charge in [-0.1, -0.05) is 36.4 Å². The normalized spacial score (nSPS) is 21.5. The van der Waals surface area contributed by atoms with Gasteiger partial charge in [0.25, 0.3) is 11.8 Å². The lowest BCUT2D eigenvalue weighted by atomic mass is 9.93. The van der Waals surface area contributed by atoms with Crippen molar-refractivity contribution in [3.63, 3.8) is 0 Å². The maximum atomic E-state index is 13.4. The number of amides is 5. The maximum Gasteiger partial charge on any atom is 0.264 e. The van der Waals surface area contributed by atoms with Gasteiger partial charge in [-0.3, -0.25) is 38.9 Å². The first-order chi connectivity index (χ1) is 20.9. The molecule has 5 amide bonds. The summed E-state index contributed by atoms with van der Waals surface area (Å²) in [6.07, 6.45) is 7.41. The van der Waals surface area contributed by atoms with Gasteiger partial charge in [-0.2, -0.15) is 5.10 Å². The van der Waals surface area contributed by atoms with E-state index in [1.54, 1.807) is 24.4 Å². The molecule has 3 aliphatic heterocycles. The van der Waals surface area contributed by atoms with Crippen LogP contribution < -0.4 is 10.6 Å². The number of fused-ring (bicyclic) bond motifs is 1. The number of piperidine rings is 2. The fourth-order valence-corrected chi connectivity index (χ4v) is 6.67. The van der Waals surface area contributed by atoms with Gasteiger partial charge in [0.15, 0.2) is 0 Å². The molecule has 1 saturated carbocycles. The molecule has 2 N–H and O–H groups in total. The molecule has 11 heteroatoms. The highest BCUT2D eigenvalue weighted by Gasteiger charge is 2.53. The maximum absolute atomic E-state index is 13.4. The summed E-state index contributed by atoms with van der Waals surface area (Å²) >= 11 is 0. The topological polar surface area (TPSA) is 134 Å². The molecule has 1 aliphatic carbocycles. The Kier molecular flexibility index (Phi) is 6.60. The molecule has 4 heterocycles. The van der Waals surface area contributed by atoms with Crippen molar-refractivity contribution in [3.05, 3.63) is 83.2 Å². The van der Waals surface area contributed by atoms with E-state index < -0.39 is 29.7 Å². The van der Waals surface area contributed by atoms with Gasteiger partial charge in [0, 0.05) is 43.5 Å². The predicted molar refractivity (Wildman–Crippen MR) is 155 cm³/mol. The van der Waals surface area contributed by atoms with E-state index in [4.69, 9.17) is 0 Å². The Morgan fingerprint density at radius 2 is 1.72 bits per heavy atom. The van der Waals surface area contributed by atoms with Gasteiger partial charge in [-0.15, -0.1) is 0 Å². The zero-order valence-corrected chi connectivity index (χ0v) is 23.6. The molecule has 0 spiro atoms. The molecular weight excluding hydrogens is 548 g/mol. The molecule has 3 aromatic rings. The Bertz CT molecular complexity index is 1640. The average Bonchev–Trinajstić information content (AvgIpc) is 3.63. The Labute approximate surface area is 248 Å². The van der Waals surface area contributed by atoms with Crippen molar-refractivity contribution in [2.45, 2.75) is 62.6 Å². The minimum Gasteiger partial charge on any atom is -0.380 e. The molecule has 7 rings (SSSR count). The number of carbonyl (C=O) groups is 5. The van der Waals surface area contributed by atoms with Crippen LogP contribution in [0.5, 0.6) is 0 Å². The Morgan fingerprint density at radius 1 is 0.953 bits per heavy atom. The summed E-state index contributed by atoms with van der Waals surface area (Å²) in [6, 6.07) is 14.3. The van der Waals surface area contributed by atoms with Crippen LogP contribution in [-0.2, 0) is 26.3 Å². The van der Waals surface area contributed by atoms with E-state index >= 15 is 0 Å². The second kappa shape index (κ2) is 10.5. The fraction of sp³-hybridized carbons (Fsp3) is 0.375. The lowest BCUT2D eigenvalue weighted by Gasteiger charge is -2.34. The third-order valence-corrected chi connectivity index (χ3v) is 9.22. The molecule has 2 aromatic carbocycles. The number of aromatic nitrogens is 2. The molecule has 0 radical (unpaired) electrons. The second-order valence-corrected chi connectivity index (χ2v) is 11.8. The molecule has 0 bridgehead atoms. The van der Waals surface area contributed by atoms with Gasteiger partial charge in [0.1, 0.15) is 6.04 Å². The van der Waals surface area contributed by atoms with Crippen LogP contribution in [0.25, 0.3) is 0 Å². The van der Waals surface area contributed by atoms with Crippen molar-refractivity contribution < 1.29 is 24.0 Å². The number of likely N-dealkylation sites (tertiary alicyclic amines) is 1. The number of nitrogens with zero attached hydrogens (tertiary/aromatic N) is 4. The average molecular weight is 581 g/mol. The molecule has 11 nitrogen and oxygen atoms in total. The number of hydrogen-bond acceptors (Lipinski definition) is 7. The Hall–Kier alpha value is -4.80. The van der Waals surface area contributed by atoms with Crippen LogP contribution in [0.3, 0.4) is 0 Å². The summed E-state index contributed by atoms with van der Waals surface area (Å²) in [6.45, 7) is 1.77. The van der Waals surface area contributed by atoms with Crippen LogP contribution in [0, 0.1) is 0 Å². The number of benzene rings is 2. The van der Waals surface area contributed by atoms with Crippen LogP contribution in [0.2, 0.25) is 0 Å². The number of nitrogens with one attached hydrogen (secondary N) is 2. The molecular formula is C32H32N6O5. The number of imide groups is 2. The van der Waals surface area contributed by atoms with Gasteiger partial charge in [-0.05, 0) is 49.8 Å². The molecule has 4 aliphatic rings. The van der Waals surface area contributed by atoms with Crippen molar-refractivity contribution in [2.24, 2.45) is 0 Å². The zero-order valence-electron chi connectivity index (χ0n) is 23.6. The zero-order chi connectivity index (χ0) is 29.7. The summed E-state index contributed by atoms with van der Waals surface area (Å²) in [5.74, 6) is -1.88. The van der Waals surface area contributed by atoms with Crippen molar-refractivity contribution in [2.75, 3.05) is 18.4 Å². The van der Waals surface area contributed by atoms with E-state index in [-0.39, 0.29) is 41.3 Å². The van der Waals surface area contributed by atoms with Gasteiger partial charge in [0.2, 0.25) is 17.7 Å². The second-order valence-electron chi connectivity index (χ2n) is 11.8. The number of anilines is 1. The lowest BCUT2D eigenvalue weighted by molar-refractivity contribution is -0.137. The predicted octanol–water partition coefficient (Wildman–Crippen LogP) is 2.79. The highest BCUT2D eigenvalue weighted by atomic mass is 16.2. The Morgan fingerprint density at radius 3 is 2.44 bits per heavy atom. The molecule has 3 fully saturated rings. The number of carbonyl (C=O) groups excluding carboxylic acids is 5. The van der Waals surface area contributed by atoms with Crippen molar-refractivity contribution >= 4 is 35.2 Å². The molecule has 1 unspecified atom stereocenters. The van der Waals surface area contributed by atoms with Crippen LogP contribution in [0.4, 0.5) is 5.69 Å². The minimum absolute atomic E-state index is 0.0721. The first-order valence-electron chi connectivity index (χ1n) is 14.8. The van der Waals surface area contributed by atoms with E-state index in [0.29, 0.717) is 25.3 Å². The molecule has 43 heavy (non-hydrogen) atoms. The van der Waals surface area contributed by atoms with Gasteiger partial charge in [0.05, 0.1) is 28.8 Å².